The van der Waals surface area contributed by atoms with Gasteiger partial charge in [0.15, 0.2) is 0 Å². The summed E-state index contributed by atoms with van der Waals surface area (Å²) < 4.78 is 2.56. The SMILES string of the molecule is Cc1nccn1-c1nc(NCc2ccccc2)c2cc(Cl)sc2n1. The number of thiophene rings is 1. The summed E-state index contributed by atoms with van der Waals surface area (Å²) in [6, 6.07) is 12.1. The highest BCUT2D eigenvalue weighted by Gasteiger charge is 2.13. The lowest BCUT2D eigenvalue weighted by Gasteiger charge is -2.10. The van der Waals surface area contributed by atoms with Crippen molar-refractivity contribution < 1.29 is 0 Å². The molecule has 3 aromatic heterocycles. The van der Waals surface area contributed by atoms with Crippen molar-refractivity contribution in [3.05, 3.63) is 64.5 Å². The number of imidazole rings is 1. The van der Waals surface area contributed by atoms with Crippen molar-refractivity contribution in [3.63, 3.8) is 0 Å². The fourth-order valence-electron chi connectivity index (χ4n) is 2.49. The van der Waals surface area contributed by atoms with Gasteiger partial charge in [-0.15, -0.1) is 11.3 Å². The van der Waals surface area contributed by atoms with Gasteiger partial charge in [-0.05, 0) is 18.6 Å². The van der Waals surface area contributed by atoms with E-state index in [1.54, 1.807) is 6.20 Å². The van der Waals surface area contributed by atoms with Crippen LogP contribution < -0.4 is 5.32 Å². The van der Waals surface area contributed by atoms with Crippen LogP contribution in [0.15, 0.2) is 48.8 Å². The van der Waals surface area contributed by atoms with Gasteiger partial charge in [-0.1, -0.05) is 41.9 Å². The zero-order valence-electron chi connectivity index (χ0n) is 12.9. The Hall–Kier alpha value is -2.44. The summed E-state index contributed by atoms with van der Waals surface area (Å²) in [5.41, 5.74) is 1.19. The number of aryl methyl sites for hydroxylation is 1. The highest BCUT2D eigenvalue weighted by atomic mass is 35.5. The average Bonchev–Trinajstić information content (AvgIpc) is 3.18. The number of benzene rings is 1. The van der Waals surface area contributed by atoms with Crippen LogP contribution in [-0.4, -0.2) is 19.5 Å². The van der Waals surface area contributed by atoms with Gasteiger partial charge in [0.25, 0.3) is 0 Å². The number of hydrogen-bond acceptors (Lipinski definition) is 5. The van der Waals surface area contributed by atoms with Crippen LogP contribution in [0.2, 0.25) is 4.34 Å². The number of hydrogen-bond donors (Lipinski definition) is 1. The van der Waals surface area contributed by atoms with Crippen LogP contribution in [0.4, 0.5) is 5.82 Å². The normalized spacial score (nSPS) is 11.1. The maximum atomic E-state index is 6.18. The largest absolute Gasteiger partial charge is 0.365 e. The van der Waals surface area contributed by atoms with Crippen LogP contribution >= 0.6 is 22.9 Å². The van der Waals surface area contributed by atoms with Crippen molar-refractivity contribution in [2.45, 2.75) is 13.5 Å². The lowest BCUT2D eigenvalue weighted by Crippen LogP contribution is -2.07. The Morgan fingerprint density at radius 3 is 2.79 bits per heavy atom. The molecule has 0 radical (unpaired) electrons. The van der Waals surface area contributed by atoms with E-state index in [2.05, 4.69) is 32.4 Å². The van der Waals surface area contributed by atoms with E-state index < -0.39 is 0 Å². The summed E-state index contributed by atoms with van der Waals surface area (Å²) in [7, 11) is 0. The smallest absolute Gasteiger partial charge is 0.238 e. The molecule has 120 valence electrons. The topological polar surface area (TPSA) is 55.6 Å². The van der Waals surface area contributed by atoms with Crippen molar-refractivity contribution in [1.29, 1.82) is 0 Å². The number of halogens is 1. The second-order valence-electron chi connectivity index (χ2n) is 5.33. The molecule has 24 heavy (non-hydrogen) atoms. The van der Waals surface area contributed by atoms with Gasteiger partial charge in [-0.2, -0.15) is 4.98 Å². The predicted octanol–water partition coefficient (Wildman–Crippen LogP) is 4.45. The quantitative estimate of drug-likeness (QED) is 0.587. The monoisotopic (exact) mass is 355 g/mol. The molecule has 0 unspecified atom stereocenters. The van der Waals surface area contributed by atoms with Crippen molar-refractivity contribution in [1.82, 2.24) is 19.5 Å². The predicted molar refractivity (Wildman–Crippen MR) is 98.1 cm³/mol. The third-order valence-corrected chi connectivity index (χ3v) is 4.85. The minimum absolute atomic E-state index is 0.589. The molecule has 0 fully saturated rings. The molecule has 0 bridgehead atoms. The summed E-state index contributed by atoms with van der Waals surface area (Å²) in [6.07, 6.45) is 3.59. The van der Waals surface area contributed by atoms with Crippen LogP contribution in [0.25, 0.3) is 16.2 Å². The Balaban J connectivity index is 1.76. The van der Waals surface area contributed by atoms with E-state index in [0.29, 0.717) is 16.8 Å². The minimum atomic E-state index is 0.589. The van der Waals surface area contributed by atoms with Gasteiger partial charge in [0, 0.05) is 18.9 Å². The summed E-state index contributed by atoms with van der Waals surface area (Å²) in [4.78, 5) is 14.4. The Kier molecular flexibility index (Phi) is 3.92. The molecule has 5 nitrogen and oxygen atoms in total. The number of nitrogens with zero attached hydrogens (tertiary/aromatic N) is 4. The first-order valence-corrected chi connectivity index (χ1v) is 8.65. The van der Waals surface area contributed by atoms with Crippen LogP contribution in [0, 0.1) is 6.92 Å². The molecule has 4 aromatic rings. The maximum absolute atomic E-state index is 6.18. The number of nitrogens with one attached hydrogen (secondary N) is 1. The highest BCUT2D eigenvalue weighted by molar-refractivity contribution is 7.22. The number of anilines is 1. The first-order valence-electron chi connectivity index (χ1n) is 7.46. The zero-order valence-corrected chi connectivity index (χ0v) is 14.5. The second kappa shape index (κ2) is 6.22. The molecule has 0 saturated carbocycles. The Morgan fingerprint density at radius 1 is 1.21 bits per heavy atom. The van der Waals surface area contributed by atoms with Gasteiger partial charge in [-0.3, -0.25) is 4.57 Å². The van der Waals surface area contributed by atoms with E-state index in [-0.39, 0.29) is 0 Å². The highest BCUT2D eigenvalue weighted by Crippen LogP contribution is 2.32. The van der Waals surface area contributed by atoms with Crippen LogP contribution in [0.5, 0.6) is 0 Å². The molecule has 0 aliphatic carbocycles. The lowest BCUT2D eigenvalue weighted by molar-refractivity contribution is 0.893. The molecule has 7 heteroatoms. The van der Waals surface area contributed by atoms with Crippen LogP contribution in [0.1, 0.15) is 11.4 Å². The average molecular weight is 356 g/mol. The Morgan fingerprint density at radius 2 is 2.04 bits per heavy atom. The van der Waals surface area contributed by atoms with Crippen molar-refractivity contribution >= 4 is 39.0 Å². The summed E-state index contributed by atoms with van der Waals surface area (Å²) in [6.45, 7) is 2.61. The standard InChI is InChI=1S/C17H14ClN5S/c1-11-19-7-8-23(11)17-21-15(13-9-14(18)24-16(13)22-17)20-10-12-5-3-2-4-6-12/h2-9H,10H2,1H3,(H,20,21,22). The van der Waals surface area contributed by atoms with Crippen LogP contribution in [-0.2, 0) is 6.54 Å². The molecule has 1 aromatic carbocycles. The van der Waals surface area contributed by atoms with Gasteiger partial charge in [0.05, 0.1) is 9.72 Å². The first kappa shape index (κ1) is 15.1. The first-order chi connectivity index (χ1) is 11.7. The van der Waals surface area contributed by atoms with Gasteiger partial charge in [0.1, 0.15) is 16.5 Å². The number of rotatable bonds is 4. The van der Waals surface area contributed by atoms with Crippen molar-refractivity contribution in [2.24, 2.45) is 0 Å². The fourth-order valence-corrected chi connectivity index (χ4v) is 3.58. The molecule has 0 aliphatic rings. The summed E-state index contributed by atoms with van der Waals surface area (Å²) in [5, 5.41) is 4.34. The summed E-state index contributed by atoms with van der Waals surface area (Å²) >= 11 is 7.63. The zero-order chi connectivity index (χ0) is 16.5. The fraction of sp³-hybridized carbons (Fsp3) is 0.118. The van der Waals surface area contributed by atoms with E-state index in [0.717, 1.165) is 21.9 Å². The van der Waals surface area contributed by atoms with Crippen molar-refractivity contribution in [3.8, 4) is 5.95 Å². The van der Waals surface area contributed by atoms with E-state index in [9.17, 15) is 0 Å². The molecule has 0 saturated heterocycles. The molecule has 0 atom stereocenters. The molecule has 4 rings (SSSR count). The van der Waals surface area contributed by atoms with E-state index in [1.807, 2.05) is 42.0 Å². The minimum Gasteiger partial charge on any atom is -0.365 e. The lowest BCUT2D eigenvalue weighted by atomic mass is 10.2. The Labute approximate surface area is 148 Å². The van der Waals surface area contributed by atoms with Gasteiger partial charge in [0.2, 0.25) is 5.95 Å². The van der Waals surface area contributed by atoms with Gasteiger partial charge in [-0.25, -0.2) is 9.97 Å². The summed E-state index contributed by atoms with van der Waals surface area (Å²) in [5.74, 6) is 2.20. The molecule has 3 heterocycles. The molecular weight excluding hydrogens is 342 g/mol. The van der Waals surface area contributed by atoms with E-state index in [1.165, 1.54) is 16.9 Å². The van der Waals surface area contributed by atoms with E-state index in [4.69, 9.17) is 11.6 Å². The van der Waals surface area contributed by atoms with E-state index >= 15 is 0 Å². The van der Waals surface area contributed by atoms with Crippen LogP contribution in [0.3, 0.4) is 0 Å². The number of fused-ring (bicyclic) bond motifs is 1. The third kappa shape index (κ3) is 2.86. The third-order valence-electron chi connectivity index (χ3n) is 3.69. The molecule has 0 spiro atoms. The number of aromatic nitrogens is 4. The molecule has 1 N–H and O–H groups in total. The van der Waals surface area contributed by atoms with Crippen molar-refractivity contribution in [2.75, 3.05) is 5.32 Å². The molecule has 0 aliphatic heterocycles. The van der Waals surface area contributed by atoms with Gasteiger partial charge < -0.3 is 5.32 Å². The van der Waals surface area contributed by atoms with Gasteiger partial charge >= 0.3 is 0 Å². The maximum Gasteiger partial charge on any atom is 0.238 e. The molecule has 0 amide bonds. The Bertz CT molecular complexity index is 993. The second-order valence-corrected chi connectivity index (χ2v) is 6.99. The molecular formula is C17H14ClN5S.